The van der Waals surface area contributed by atoms with E-state index < -0.39 is 32.8 Å². The van der Waals surface area contributed by atoms with Crippen LogP contribution in [0, 0.1) is 5.82 Å². The average molecular weight is 272 g/mol. The maximum Gasteiger partial charge on any atom is 0.534 e. The Kier molecular flexibility index (Phi) is 3.41. The highest BCUT2D eigenvalue weighted by molar-refractivity contribution is 7.88. The molecule has 1 aromatic rings. The minimum atomic E-state index is -5.93. The highest BCUT2D eigenvalue weighted by atomic mass is 32.2. The molecule has 94 valence electrons. The lowest BCUT2D eigenvalue weighted by Crippen LogP contribution is -2.28. The van der Waals surface area contributed by atoms with Crippen molar-refractivity contribution in [3.8, 4) is 5.75 Å². The molecule has 17 heavy (non-hydrogen) atoms. The van der Waals surface area contributed by atoms with E-state index >= 15 is 0 Å². The summed E-state index contributed by atoms with van der Waals surface area (Å²) in [7, 11) is -5.93. The van der Waals surface area contributed by atoms with E-state index in [1.54, 1.807) is 0 Å². The summed E-state index contributed by atoms with van der Waals surface area (Å²) in [5.41, 5.74) is -6.56. The summed E-state index contributed by atoms with van der Waals surface area (Å²) in [6.07, 6.45) is -0.142. The van der Waals surface area contributed by atoms with E-state index in [0.717, 1.165) is 18.2 Å². The van der Waals surface area contributed by atoms with Crippen LogP contribution in [-0.4, -0.2) is 20.2 Å². The number of hydrogen-bond acceptors (Lipinski definition) is 4. The van der Waals surface area contributed by atoms with E-state index in [0.29, 0.717) is 0 Å². The fourth-order valence-electron chi connectivity index (χ4n) is 0.870. The fraction of sp³-hybridized carbons (Fsp3) is 0.125. The van der Waals surface area contributed by atoms with Gasteiger partial charge in [-0.2, -0.15) is 21.6 Å². The second-order valence-corrected chi connectivity index (χ2v) is 4.29. The smallest absolute Gasteiger partial charge is 0.375 e. The predicted octanol–water partition coefficient (Wildman–Crippen LogP) is 1.87. The number of rotatable bonds is 3. The molecule has 0 fully saturated rings. The van der Waals surface area contributed by atoms with Gasteiger partial charge in [0.15, 0.2) is 12.0 Å². The van der Waals surface area contributed by atoms with Crippen LogP contribution >= 0.6 is 0 Å². The summed E-state index contributed by atoms with van der Waals surface area (Å²) in [4.78, 5) is 10.4. The van der Waals surface area contributed by atoms with Crippen molar-refractivity contribution in [1.29, 1.82) is 0 Å². The molecule has 0 amide bonds. The molecule has 1 rings (SSSR count). The minimum absolute atomic E-state index is 0.142. The molecule has 4 nitrogen and oxygen atoms in total. The topological polar surface area (TPSA) is 60.4 Å². The Morgan fingerprint density at radius 1 is 1.24 bits per heavy atom. The Bertz CT molecular complexity index is 535. The SMILES string of the molecule is O=Cc1c(F)cccc1OS(=O)(=O)C(F)(F)F. The van der Waals surface area contributed by atoms with Crippen LogP contribution in [0.25, 0.3) is 0 Å². The lowest BCUT2D eigenvalue weighted by atomic mass is 10.2. The molecule has 9 heteroatoms. The third-order valence-corrected chi connectivity index (χ3v) is 2.58. The van der Waals surface area contributed by atoms with Gasteiger partial charge in [0.05, 0.1) is 5.56 Å². The van der Waals surface area contributed by atoms with Crippen molar-refractivity contribution in [2.24, 2.45) is 0 Å². The van der Waals surface area contributed by atoms with Crippen LogP contribution in [0.15, 0.2) is 18.2 Å². The summed E-state index contributed by atoms with van der Waals surface area (Å²) in [5, 5.41) is 0. The molecule has 0 N–H and O–H groups in total. The van der Waals surface area contributed by atoms with Crippen molar-refractivity contribution >= 4 is 16.4 Å². The van der Waals surface area contributed by atoms with Crippen molar-refractivity contribution in [2.45, 2.75) is 5.51 Å². The summed E-state index contributed by atoms with van der Waals surface area (Å²) in [6.45, 7) is 0. The summed E-state index contributed by atoms with van der Waals surface area (Å²) in [6, 6.07) is 2.41. The molecule has 0 saturated carbocycles. The van der Waals surface area contributed by atoms with Gasteiger partial charge < -0.3 is 4.18 Å². The average Bonchev–Trinajstić information content (AvgIpc) is 2.15. The molecular formula is C8H4F4O4S. The zero-order valence-electron chi connectivity index (χ0n) is 7.86. The second-order valence-electron chi connectivity index (χ2n) is 2.75. The van der Waals surface area contributed by atoms with Gasteiger partial charge in [-0.1, -0.05) is 6.07 Å². The zero-order valence-corrected chi connectivity index (χ0v) is 8.68. The van der Waals surface area contributed by atoms with Gasteiger partial charge in [-0.05, 0) is 12.1 Å². The Morgan fingerprint density at radius 3 is 2.29 bits per heavy atom. The van der Waals surface area contributed by atoms with Crippen molar-refractivity contribution in [1.82, 2.24) is 0 Å². The van der Waals surface area contributed by atoms with Crippen LogP contribution in [0.2, 0.25) is 0 Å². The van der Waals surface area contributed by atoms with E-state index in [-0.39, 0.29) is 6.29 Å². The van der Waals surface area contributed by atoms with E-state index in [1.165, 1.54) is 0 Å². The zero-order chi connectivity index (χ0) is 13.3. The maximum absolute atomic E-state index is 12.9. The van der Waals surface area contributed by atoms with E-state index in [1.807, 2.05) is 0 Å². The van der Waals surface area contributed by atoms with Gasteiger partial charge >= 0.3 is 15.6 Å². The molecule has 0 aliphatic heterocycles. The van der Waals surface area contributed by atoms with Gasteiger partial charge in [-0.3, -0.25) is 4.79 Å². The largest absolute Gasteiger partial charge is 0.534 e. The lowest BCUT2D eigenvalue weighted by molar-refractivity contribution is -0.0500. The molecule has 0 radical (unpaired) electrons. The second kappa shape index (κ2) is 4.32. The number of aldehydes is 1. The molecular weight excluding hydrogens is 268 g/mol. The first-order valence-electron chi connectivity index (χ1n) is 3.93. The molecule has 0 atom stereocenters. The Labute approximate surface area is 92.9 Å². The van der Waals surface area contributed by atoms with Crippen molar-refractivity contribution in [3.05, 3.63) is 29.6 Å². The Morgan fingerprint density at radius 2 is 1.82 bits per heavy atom. The normalized spacial score (nSPS) is 12.2. The monoisotopic (exact) mass is 272 g/mol. The number of alkyl halides is 3. The van der Waals surface area contributed by atoms with Crippen molar-refractivity contribution < 1.29 is 35.0 Å². The number of halogens is 4. The minimum Gasteiger partial charge on any atom is -0.375 e. The summed E-state index contributed by atoms with van der Waals surface area (Å²) >= 11 is 0. The van der Waals surface area contributed by atoms with Gasteiger partial charge in [0.2, 0.25) is 0 Å². The molecule has 0 aromatic heterocycles. The first-order chi connectivity index (χ1) is 7.69. The van der Waals surface area contributed by atoms with E-state index in [2.05, 4.69) is 4.18 Å². The first kappa shape index (κ1) is 13.4. The summed E-state index contributed by atoms with van der Waals surface area (Å²) < 4.78 is 73.7. The Hall–Kier alpha value is -1.64. The molecule has 0 unspecified atom stereocenters. The van der Waals surface area contributed by atoms with Crippen LogP contribution in [0.5, 0.6) is 5.75 Å². The molecule has 0 spiro atoms. The molecule has 1 aromatic carbocycles. The van der Waals surface area contributed by atoms with Crippen LogP contribution in [0.1, 0.15) is 10.4 Å². The third-order valence-electron chi connectivity index (χ3n) is 1.61. The van der Waals surface area contributed by atoms with Gasteiger partial charge in [0.1, 0.15) is 5.82 Å². The van der Waals surface area contributed by atoms with Crippen LogP contribution in [0.3, 0.4) is 0 Å². The maximum atomic E-state index is 12.9. The standard InChI is InChI=1S/C8H4F4O4S/c9-6-2-1-3-7(5(6)4-13)16-17(14,15)8(10,11)12/h1-4H. The number of hydrogen-bond donors (Lipinski definition) is 0. The molecule has 0 heterocycles. The van der Waals surface area contributed by atoms with Crippen molar-refractivity contribution in [2.75, 3.05) is 0 Å². The van der Waals surface area contributed by atoms with E-state index in [9.17, 15) is 30.8 Å². The molecule has 0 aliphatic carbocycles. The first-order valence-corrected chi connectivity index (χ1v) is 5.34. The van der Waals surface area contributed by atoms with E-state index in [4.69, 9.17) is 0 Å². The molecule has 0 saturated heterocycles. The third kappa shape index (κ3) is 2.73. The lowest BCUT2D eigenvalue weighted by Gasteiger charge is -2.10. The quantitative estimate of drug-likeness (QED) is 0.365. The fourth-order valence-corrected chi connectivity index (χ4v) is 1.35. The van der Waals surface area contributed by atoms with Gasteiger partial charge in [-0.25, -0.2) is 4.39 Å². The highest BCUT2D eigenvalue weighted by Crippen LogP contribution is 2.29. The molecule has 0 aliphatic rings. The Balaban J connectivity index is 3.22. The van der Waals surface area contributed by atoms with Gasteiger partial charge in [0, 0.05) is 0 Å². The van der Waals surface area contributed by atoms with Crippen LogP contribution in [-0.2, 0) is 10.1 Å². The van der Waals surface area contributed by atoms with Gasteiger partial charge in [-0.15, -0.1) is 0 Å². The number of carbonyl (C=O) groups excluding carboxylic acids is 1. The van der Waals surface area contributed by atoms with Crippen LogP contribution in [0.4, 0.5) is 17.6 Å². The van der Waals surface area contributed by atoms with Crippen LogP contribution < -0.4 is 4.18 Å². The predicted molar refractivity (Wildman–Crippen MR) is 47.4 cm³/mol. The number of benzene rings is 1. The number of carbonyl (C=O) groups is 1. The highest BCUT2D eigenvalue weighted by Gasteiger charge is 2.48. The summed E-state index contributed by atoms with van der Waals surface area (Å²) in [5.74, 6) is -2.20. The van der Waals surface area contributed by atoms with Gasteiger partial charge in [0.25, 0.3) is 0 Å². The molecule has 0 bridgehead atoms. The van der Waals surface area contributed by atoms with Crippen molar-refractivity contribution in [3.63, 3.8) is 0 Å².